The summed E-state index contributed by atoms with van der Waals surface area (Å²) in [6.07, 6.45) is 0. The van der Waals surface area contributed by atoms with Crippen LogP contribution in [-0.2, 0) is 0 Å². The van der Waals surface area contributed by atoms with E-state index < -0.39 is 5.97 Å². The summed E-state index contributed by atoms with van der Waals surface area (Å²) >= 11 is 5.33. The van der Waals surface area contributed by atoms with Gasteiger partial charge < -0.3 is 10.8 Å². The summed E-state index contributed by atoms with van der Waals surface area (Å²) in [5.74, 6) is -1.14. The van der Waals surface area contributed by atoms with Crippen molar-refractivity contribution in [2.24, 2.45) is 0 Å². The number of nitrogens with zero attached hydrogens (tertiary/aromatic N) is 2. The number of halogens is 1. The Morgan fingerprint density at radius 2 is 2.27 bits per heavy atom. The van der Waals surface area contributed by atoms with E-state index in [0.717, 1.165) is 6.07 Å². The van der Waals surface area contributed by atoms with Crippen molar-refractivity contribution >= 4 is 23.4 Å². The molecule has 0 radical (unpaired) electrons. The number of carboxylic acid groups (broad SMARTS) is 1. The lowest BCUT2D eigenvalue weighted by atomic mass is 10.4. The highest BCUT2D eigenvalue weighted by atomic mass is 35.5. The number of aromatic carboxylic acids is 1. The molecule has 11 heavy (non-hydrogen) atoms. The van der Waals surface area contributed by atoms with Crippen molar-refractivity contribution in [3.05, 3.63) is 17.0 Å². The van der Waals surface area contributed by atoms with Crippen molar-refractivity contribution in [2.45, 2.75) is 0 Å². The van der Waals surface area contributed by atoms with Crippen molar-refractivity contribution in [2.75, 3.05) is 5.73 Å². The van der Waals surface area contributed by atoms with Crippen molar-refractivity contribution in [3.8, 4) is 0 Å². The van der Waals surface area contributed by atoms with Gasteiger partial charge in [-0.05, 0) is 11.6 Å². The molecular formula is C5H4ClN3O2. The van der Waals surface area contributed by atoms with E-state index in [1.54, 1.807) is 0 Å². The van der Waals surface area contributed by atoms with Gasteiger partial charge in [-0.3, -0.25) is 0 Å². The highest BCUT2D eigenvalue weighted by molar-refractivity contribution is 6.28. The smallest absolute Gasteiger partial charge is 0.354 e. The van der Waals surface area contributed by atoms with Crippen LogP contribution < -0.4 is 5.73 Å². The van der Waals surface area contributed by atoms with Gasteiger partial charge in [-0.25, -0.2) is 14.8 Å². The lowest BCUT2D eigenvalue weighted by Gasteiger charge is -1.95. The summed E-state index contributed by atoms with van der Waals surface area (Å²) in [6, 6.07) is 1.13. The molecule has 0 amide bonds. The fourth-order valence-electron chi connectivity index (χ4n) is 0.545. The van der Waals surface area contributed by atoms with Crippen LogP contribution in [0.1, 0.15) is 10.5 Å². The molecule has 5 nitrogen and oxygen atoms in total. The zero-order valence-corrected chi connectivity index (χ0v) is 6.04. The summed E-state index contributed by atoms with van der Waals surface area (Å²) in [6.45, 7) is 0. The first kappa shape index (κ1) is 7.74. The van der Waals surface area contributed by atoms with Crippen LogP contribution in [0.3, 0.4) is 0 Å². The average molecular weight is 174 g/mol. The highest BCUT2D eigenvalue weighted by Crippen LogP contribution is 2.06. The zero-order chi connectivity index (χ0) is 8.43. The molecule has 0 spiro atoms. The molecule has 6 heteroatoms. The molecule has 0 aromatic carbocycles. The molecule has 58 valence electrons. The first-order valence-corrected chi connectivity index (χ1v) is 3.01. The van der Waals surface area contributed by atoms with Gasteiger partial charge in [-0.1, -0.05) is 0 Å². The van der Waals surface area contributed by atoms with Crippen LogP contribution in [0.4, 0.5) is 5.82 Å². The maximum atomic E-state index is 10.3. The Morgan fingerprint density at radius 1 is 1.64 bits per heavy atom. The van der Waals surface area contributed by atoms with Gasteiger partial charge in [0, 0.05) is 6.07 Å². The van der Waals surface area contributed by atoms with E-state index in [9.17, 15) is 4.79 Å². The van der Waals surface area contributed by atoms with E-state index in [4.69, 9.17) is 22.4 Å². The second kappa shape index (κ2) is 2.71. The Labute approximate surface area is 66.8 Å². The normalized spacial score (nSPS) is 9.55. The maximum Gasteiger partial charge on any atom is 0.354 e. The van der Waals surface area contributed by atoms with Crippen LogP contribution in [0.15, 0.2) is 6.07 Å². The van der Waals surface area contributed by atoms with Gasteiger partial charge in [-0.15, -0.1) is 0 Å². The van der Waals surface area contributed by atoms with Crippen LogP contribution in [0.2, 0.25) is 5.28 Å². The number of hydrogen-bond donors (Lipinski definition) is 2. The van der Waals surface area contributed by atoms with Crippen molar-refractivity contribution in [1.29, 1.82) is 0 Å². The van der Waals surface area contributed by atoms with Gasteiger partial charge in [0.05, 0.1) is 0 Å². The minimum absolute atomic E-state index is 0.0439. The van der Waals surface area contributed by atoms with Crippen LogP contribution in [0, 0.1) is 0 Å². The Bertz CT molecular complexity index is 282. The average Bonchev–Trinajstić information content (AvgIpc) is 1.85. The number of nitrogen functional groups attached to an aromatic ring is 1. The third-order valence-corrected chi connectivity index (χ3v) is 1.11. The molecule has 0 aliphatic carbocycles. The molecule has 3 N–H and O–H groups in total. The number of carboxylic acids is 1. The van der Waals surface area contributed by atoms with Gasteiger partial charge in [0.15, 0.2) is 5.69 Å². The molecule has 0 atom stereocenters. The number of nitrogens with two attached hydrogens (primary N) is 1. The molecule has 0 bridgehead atoms. The molecule has 1 heterocycles. The lowest BCUT2D eigenvalue weighted by Crippen LogP contribution is -2.03. The van der Waals surface area contributed by atoms with E-state index in [1.807, 2.05) is 0 Å². The number of hydrogen-bond acceptors (Lipinski definition) is 4. The van der Waals surface area contributed by atoms with E-state index >= 15 is 0 Å². The van der Waals surface area contributed by atoms with Crippen molar-refractivity contribution in [3.63, 3.8) is 0 Å². The van der Waals surface area contributed by atoms with Gasteiger partial charge in [0.25, 0.3) is 0 Å². The van der Waals surface area contributed by atoms with Gasteiger partial charge in [0.1, 0.15) is 5.82 Å². The monoisotopic (exact) mass is 173 g/mol. The van der Waals surface area contributed by atoms with Crippen LogP contribution >= 0.6 is 11.6 Å². The summed E-state index contributed by atoms with van der Waals surface area (Å²) in [4.78, 5) is 17.2. The predicted octanol–water partition coefficient (Wildman–Crippen LogP) is 0.410. The number of aromatic nitrogens is 2. The minimum Gasteiger partial charge on any atom is -0.477 e. The van der Waals surface area contributed by atoms with Gasteiger partial charge in [-0.2, -0.15) is 0 Å². The molecule has 1 aromatic heterocycles. The standard InChI is InChI=1S/C5H4ClN3O2/c6-5-8-2(4(10)11)1-3(7)9-5/h1H,(H,10,11)(H2,7,8,9). The summed E-state index contributed by atoms with van der Waals surface area (Å²) < 4.78 is 0. The molecule has 1 rings (SSSR count). The predicted molar refractivity (Wildman–Crippen MR) is 38.4 cm³/mol. The Balaban J connectivity index is 3.19. The third kappa shape index (κ3) is 1.78. The van der Waals surface area contributed by atoms with Gasteiger partial charge >= 0.3 is 5.97 Å². The Hall–Kier alpha value is -1.36. The quantitative estimate of drug-likeness (QED) is 0.601. The molecular weight excluding hydrogens is 170 g/mol. The largest absolute Gasteiger partial charge is 0.477 e. The first-order valence-electron chi connectivity index (χ1n) is 2.63. The van der Waals surface area contributed by atoms with Crippen LogP contribution in [0.5, 0.6) is 0 Å². The SMILES string of the molecule is Nc1cc(C(=O)O)nc(Cl)n1. The van der Waals surface area contributed by atoms with E-state index in [-0.39, 0.29) is 16.8 Å². The second-order valence-electron chi connectivity index (χ2n) is 1.75. The first-order chi connectivity index (χ1) is 5.09. The number of anilines is 1. The molecule has 0 saturated carbocycles. The zero-order valence-electron chi connectivity index (χ0n) is 5.28. The minimum atomic E-state index is -1.18. The van der Waals surface area contributed by atoms with Crippen LogP contribution in [0.25, 0.3) is 0 Å². The Kier molecular flexibility index (Phi) is 1.91. The molecule has 1 aromatic rings. The lowest BCUT2D eigenvalue weighted by molar-refractivity contribution is 0.0690. The molecule has 0 fully saturated rings. The molecule has 0 unspecified atom stereocenters. The molecule has 0 saturated heterocycles. The van der Waals surface area contributed by atoms with Crippen molar-refractivity contribution < 1.29 is 9.90 Å². The van der Waals surface area contributed by atoms with E-state index in [0.29, 0.717) is 0 Å². The summed E-state index contributed by atoms with van der Waals surface area (Å²) in [7, 11) is 0. The summed E-state index contributed by atoms with van der Waals surface area (Å²) in [5, 5.41) is 8.26. The topological polar surface area (TPSA) is 89.1 Å². The third-order valence-electron chi connectivity index (χ3n) is 0.938. The maximum absolute atomic E-state index is 10.3. The van der Waals surface area contributed by atoms with Crippen molar-refractivity contribution in [1.82, 2.24) is 9.97 Å². The number of rotatable bonds is 1. The molecule has 0 aliphatic heterocycles. The fourth-order valence-corrected chi connectivity index (χ4v) is 0.734. The Morgan fingerprint density at radius 3 is 2.73 bits per heavy atom. The number of carbonyl (C=O) groups is 1. The highest BCUT2D eigenvalue weighted by Gasteiger charge is 2.06. The van der Waals surface area contributed by atoms with Gasteiger partial charge in [0.2, 0.25) is 5.28 Å². The summed E-state index contributed by atoms with van der Waals surface area (Å²) in [5.41, 5.74) is 4.99. The van der Waals surface area contributed by atoms with E-state index in [2.05, 4.69) is 9.97 Å². The van der Waals surface area contributed by atoms with Crippen LogP contribution in [-0.4, -0.2) is 21.0 Å². The van der Waals surface area contributed by atoms with E-state index in [1.165, 1.54) is 0 Å². The second-order valence-corrected chi connectivity index (χ2v) is 2.09. The molecule has 0 aliphatic rings. The fraction of sp³-hybridized carbons (Fsp3) is 0.